The first kappa shape index (κ1) is 24.6. The van der Waals surface area contributed by atoms with E-state index in [2.05, 4.69) is 0 Å². The molecule has 2 heterocycles. The molecule has 0 saturated carbocycles. The summed E-state index contributed by atoms with van der Waals surface area (Å²) < 4.78 is 52.2. The number of carbonyl (C=O) groups excluding carboxylic acids is 1. The first-order chi connectivity index (χ1) is 17.6. The van der Waals surface area contributed by atoms with Crippen molar-refractivity contribution in [2.45, 2.75) is 39.4 Å². The van der Waals surface area contributed by atoms with Crippen LogP contribution in [0.5, 0.6) is 5.75 Å². The molecule has 3 aromatic carbocycles. The normalized spacial score (nSPS) is 15.4. The SMILES string of the molecule is CCCOc1ccc(C2c3c(oc4cc(C)c(C)cc4c3=O)C(=O)N2c2cccc(C(F)(F)F)c2)cc1. The number of fused-ring (bicyclic) bond motifs is 2. The number of ether oxygens (including phenoxy) is 1. The van der Waals surface area contributed by atoms with E-state index in [0.29, 0.717) is 23.3 Å². The second kappa shape index (κ2) is 9.10. The summed E-state index contributed by atoms with van der Waals surface area (Å²) in [7, 11) is 0. The number of amides is 1. The molecule has 1 aliphatic rings. The van der Waals surface area contributed by atoms with Gasteiger partial charge in [0.15, 0.2) is 5.43 Å². The fraction of sp³-hybridized carbons (Fsp3) is 0.241. The van der Waals surface area contributed by atoms with E-state index in [1.54, 1.807) is 36.4 Å². The van der Waals surface area contributed by atoms with E-state index in [1.807, 2.05) is 20.8 Å². The number of carbonyl (C=O) groups is 1. The molecule has 5 nitrogen and oxygen atoms in total. The first-order valence-electron chi connectivity index (χ1n) is 11.9. The summed E-state index contributed by atoms with van der Waals surface area (Å²) in [6.45, 7) is 6.24. The molecule has 0 radical (unpaired) electrons. The zero-order chi connectivity index (χ0) is 26.5. The molecule has 0 aliphatic carbocycles. The maximum absolute atomic E-state index is 13.8. The standard InChI is InChI=1S/C29H24F3NO4/c1-4-12-36-21-10-8-18(9-11-21)25-24-26(34)22-13-16(2)17(3)14-23(22)37-27(24)28(35)33(25)20-7-5-6-19(15-20)29(30,31)32/h5-11,13-15,25H,4,12H2,1-3H3. The number of benzene rings is 3. The van der Waals surface area contributed by atoms with Crippen LogP contribution >= 0.6 is 0 Å². The summed E-state index contributed by atoms with van der Waals surface area (Å²) in [5, 5.41) is 0.313. The van der Waals surface area contributed by atoms with Crippen LogP contribution in [-0.2, 0) is 6.18 Å². The molecule has 0 fully saturated rings. The van der Waals surface area contributed by atoms with Crippen molar-refractivity contribution in [2.75, 3.05) is 11.5 Å². The first-order valence-corrected chi connectivity index (χ1v) is 11.9. The molecule has 4 aromatic rings. The molecule has 1 atom stereocenters. The Morgan fingerprint density at radius 3 is 2.35 bits per heavy atom. The average Bonchev–Trinajstić information content (AvgIpc) is 3.16. The Labute approximate surface area is 211 Å². The van der Waals surface area contributed by atoms with Crippen molar-refractivity contribution in [2.24, 2.45) is 0 Å². The van der Waals surface area contributed by atoms with Crippen molar-refractivity contribution in [1.82, 2.24) is 0 Å². The molecule has 0 bridgehead atoms. The van der Waals surface area contributed by atoms with Crippen LogP contribution in [0.1, 0.15) is 57.8 Å². The van der Waals surface area contributed by atoms with Crippen LogP contribution in [0.15, 0.2) is 69.9 Å². The Bertz CT molecular complexity index is 1570. The van der Waals surface area contributed by atoms with Crippen molar-refractivity contribution in [3.63, 3.8) is 0 Å². The Morgan fingerprint density at radius 1 is 0.973 bits per heavy atom. The number of anilines is 1. The molecular weight excluding hydrogens is 483 g/mol. The van der Waals surface area contributed by atoms with E-state index in [9.17, 15) is 22.8 Å². The van der Waals surface area contributed by atoms with E-state index < -0.39 is 29.1 Å². The Hall–Kier alpha value is -4.07. The molecule has 0 saturated heterocycles. The van der Waals surface area contributed by atoms with Crippen LogP contribution in [0, 0.1) is 13.8 Å². The van der Waals surface area contributed by atoms with E-state index in [1.165, 1.54) is 17.0 Å². The molecule has 0 N–H and O–H groups in total. The minimum absolute atomic E-state index is 0.0124. The molecular formula is C29H24F3NO4. The molecule has 8 heteroatoms. The average molecular weight is 508 g/mol. The lowest BCUT2D eigenvalue weighted by Crippen LogP contribution is -2.29. The fourth-order valence-electron chi connectivity index (χ4n) is 4.61. The number of hydrogen-bond donors (Lipinski definition) is 0. The molecule has 1 aromatic heterocycles. The number of halogens is 3. The predicted molar refractivity (Wildman–Crippen MR) is 134 cm³/mol. The lowest BCUT2D eigenvalue weighted by Gasteiger charge is -2.26. The second-order valence-electron chi connectivity index (χ2n) is 9.15. The zero-order valence-electron chi connectivity index (χ0n) is 20.5. The van der Waals surface area contributed by atoms with E-state index in [0.717, 1.165) is 29.7 Å². The van der Waals surface area contributed by atoms with Gasteiger partial charge in [0.25, 0.3) is 5.91 Å². The molecule has 5 rings (SSSR count). The molecule has 190 valence electrons. The van der Waals surface area contributed by atoms with Crippen molar-refractivity contribution in [3.8, 4) is 5.75 Å². The summed E-state index contributed by atoms with van der Waals surface area (Å²) >= 11 is 0. The fourth-order valence-corrected chi connectivity index (χ4v) is 4.61. The summed E-state index contributed by atoms with van der Waals surface area (Å²) in [5.74, 6) is -0.241. The van der Waals surface area contributed by atoms with Crippen molar-refractivity contribution >= 4 is 22.6 Å². The monoisotopic (exact) mass is 507 g/mol. The van der Waals surface area contributed by atoms with E-state index in [-0.39, 0.29) is 22.6 Å². The molecule has 37 heavy (non-hydrogen) atoms. The highest BCUT2D eigenvalue weighted by atomic mass is 19.4. The molecule has 1 aliphatic heterocycles. The largest absolute Gasteiger partial charge is 0.494 e. The Balaban J connectivity index is 1.74. The Morgan fingerprint density at radius 2 is 1.68 bits per heavy atom. The maximum Gasteiger partial charge on any atom is 0.416 e. The minimum atomic E-state index is -4.60. The van der Waals surface area contributed by atoms with Gasteiger partial charge in [-0.2, -0.15) is 13.2 Å². The zero-order valence-corrected chi connectivity index (χ0v) is 20.5. The van der Waals surface area contributed by atoms with Gasteiger partial charge in [-0.05, 0) is 79.4 Å². The van der Waals surface area contributed by atoms with Gasteiger partial charge in [0, 0.05) is 5.69 Å². The number of aryl methyl sites for hydroxylation is 2. The van der Waals surface area contributed by atoms with Crippen molar-refractivity contribution in [1.29, 1.82) is 0 Å². The second-order valence-corrected chi connectivity index (χ2v) is 9.15. The lowest BCUT2D eigenvalue weighted by atomic mass is 9.97. The quantitative estimate of drug-likeness (QED) is 0.293. The highest BCUT2D eigenvalue weighted by Crippen LogP contribution is 2.43. The van der Waals surface area contributed by atoms with Crippen LogP contribution < -0.4 is 15.1 Å². The van der Waals surface area contributed by atoms with Gasteiger partial charge in [-0.1, -0.05) is 25.1 Å². The number of rotatable bonds is 5. The van der Waals surface area contributed by atoms with Gasteiger partial charge in [-0.25, -0.2) is 0 Å². The molecule has 1 unspecified atom stereocenters. The van der Waals surface area contributed by atoms with Gasteiger partial charge >= 0.3 is 6.18 Å². The topological polar surface area (TPSA) is 59.8 Å². The number of nitrogens with zero attached hydrogens (tertiary/aromatic N) is 1. The summed E-state index contributed by atoms with van der Waals surface area (Å²) in [4.78, 5) is 28.7. The van der Waals surface area contributed by atoms with Crippen molar-refractivity contribution < 1.29 is 27.1 Å². The maximum atomic E-state index is 13.8. The highest BCUT2D eigenvalue weighted by Gasteiger charge is 2.44. The summed E-state index contributed by atoms with van der Waals surface area (Å²) in [6, 6.07) is 13.8. The third-order valence-electron chi connectivity index (χ3n) is 6.61. The van der Waals surface area contributed by atoms with Crippen LogP contribution in [0.25, 0.3) is 11.0 Å². The van der Waals surface area contributed by atoms with E-state index in [4.69, 9.17) is 9.15 Å². The Kier molecular flexibility index (Phi) is 6.06. The molecule has 0 spiro atoms. The van der Waals surface area contributed by atoms with Crippen LogP contribution in [0.2, 0.25) is 0 Å². The summed E-state index contributed by atoms with van der Waals surface area (Å²) in [6.07, 6.45) is -3.78. The third kappa shape index (κ3) is 4.26. The van der Waals surface area contributed by atoms with Gasteiger partial charge in [0.2, 0.25) is 5.76 Å². The number of alkyl halides is 3. The molecule has 1 amide bonds. The van der Waals surface area contributed by atoms with Gasteiger partial charge in [0.05, 0.1) is 29.2 Å². The van der Waals surface area contributed by atoms with Gasteiger partial charge in [-0.3, -0.25) is 14.5 Å². The number of hydrogen-bond acceptors (Lipinski definition) is 4. The van der Waals surface area contributed by atoms with E-state index >= 15 is 0 Å². The van der Waals surface area contributed by atoms with Gasteiger partial charge in [-0.15, -0.1) is 0 Å². The third-order valence-corrected chi connectivity index (χ3v) is 6.61. The van der Waals surface area contributed by atoms with Crippen LogP contribution in [0.4, 0.5) is 18.9 Å². The smallest absolute Gasteiger partial charge is 0.416 e. The highest BCUT2D eigenvalue weighted by molar-refractivity contribution is 6.10. The predicted octanol–water partition coefficient (Wildman–Crippen LogP) is 6.97. The minimum Gasteiger partial charge on any atom is -0.494 e. The van der Waals surface area contributed by atoms with Crippen LogP contribution in [-0.4, -0.2) is 12.5 Å². The lowest BCUT2D eigenvalue weighted by molar-refractivity contribution is -0.137. The van der Waals surface area contributed by atoms with Crippen LogP contribution in [0.3, 0.4) is 0 Å². The van der Waals surface area contributed by atoms with Gasteiger partial charge < -0.3 is 9.15 Å². The van der Waals surface area contributed by atoms with Gasteiger partial charge in [0.1, 0.15) is 11.3 Å². The van der Waals surface area contributed by atoms with Crippen molar-refractivity contribution in [3.05, 3.63) is 104 Å². The summed E-state index contributed by atoms with van der Waals surface area (Å²) in [5.41, 5.74) is 1.39.